The molecule has 2 aromatic rings. The van der Waals surface area contributed by atoms with Crippen molar-refractivity contribution in [1.82, 2.24) is 4.98 Å². The molecule has 1 heterocycles. The van der Waals surface area contributed by atoms with Gasteiger partial charge < -0.3 is 9.47 Å². The summed E-state index contributed by atoms with van der Waals surface area (Å²) >= 11 is 1.56. The molecule has 1 aromatic heterocycles. The predicted molar refractivity (Wildman–Crippen MR) is 82.8 cm³/mol. The SMILES string of the molecule is CCCc1nc(COc2ccccc2OC)sc1CC#N. The van der Waals surface area contributed by atoms with Crippen LogP contribution in [0.1, 0.15) is 28.9 Å². The lowest BCUT2D eigenvalue weighted by atomic mass is 10.2. The highest BCUT2D eigenvalue weighted by Crippen LogP contribution is 2.28. The first-order valence-corrected chi connectivity index (χ1v) is 7.70. The van der Waals surface area contributed by atoms with Crippen molar-refractivity contribution >= 4 is 11.3 Å². The van der Waals surface area contributed by atoms with Gasteiger partial charge in [0.2, 0.25) is 0 Å². The van der Waals surface area contributed by atoms with E-state index in [4.69, 9.17) is 14.7 Å². The van der Waals surface area contributed by atoms with Gasteiger partial charge in [0.25, 0.3) is 0 Å². The van der Waals surface area contributed by atoms with Gasteiger partial charge in [0.05, 0.1) is 25.3 Å². The minimum absolute atomic E-state index is 0.396. The van der Waals surface area contributed by atoms with Gasteiger partial charge in [-0.15, -0.1) is 11.3 Å². The number of ether oxygens (including phenoxy) is 2. The zero-order chi connectivity index (χ0) is 15.1. The largest absolute Gasteiger partial charge is 0.493 e. The smallest absolute Gasteiger partial charge is 0.161 e. The van der Waals surface area contributed by atoms with Crippen molar-refractivity contribution in [2.24, 2.45) is 0 Å². The van der Waals surface area contributed by atoms with E-state index < -0.39 is 0 Å². The van der Waals surface area contributed by atoms with Gasteiger partial charge in [-0.2, -0.15) is 5.26 Å². The van der Waals surface area contributed by atoms with Gasteiger partial charge in [-0.1, -0.05) is 25.5 Å². The van der Waals surface area contributed by atoms with Gasteiger partial charge >= 0.3 is 0 Å². The second kappa shape index (κ2) is 7.65. The van der Waals surface area contributed by atoms with Gasteiger partial charge in [0.1, 0.15) is 11.6 Å². The third-order valence-corrected chi connectivity index (χ3v) is 4.04. The van der Waals surface area contributed by atoms with E-state index in [-0.39, 0.29) is 0 Å². The second-order valence-electron chi connectivity index (χ2n) is 4.50. The van der Waals surface area contributed by atoms with Gasteiger partial charge in [-0.3, -0.25) is 0 Å². The molecule has 0 radical (unpaired) electrons. The Morgan fingerprint density at radius 2 is 2.05 bits per heavy atom. The minimum Gasteiger partial charge on any atom is -0.493 e. The van der Waals surface area contributed by atoms with Crippen molar-refractivity contribution in [3.05, 3.63) is 39.8 Å². The number of hydrogen-bond acceptors (Lipinski definition) is 5. The molecule has 0 aliphatic rings. The fourth-order valence-corrected chi connectivity index (χ4v) is 2.98. The molecule has 0 aliphatic carbocycles. The predicted octanol–water partition coefficient (Wildman–Crippen LogP) is 3.75. The zero-order valence-electron chi connectivity index (χ0n) is 12.3. The van der Waals surface area contributed by atoms with Gasteiger partial charge in [-0.05, 0) is 18.6 Å². The molecule has 0 atom stereocenters. The maximum Gasteiger partial charge on any atom is 0.161 e. The summed E-state index contributed by atoms with van der Waals surface area (Å²) in [4.78, 5) is 5.64. The van der Waals surface area contributed by atoms with Crippen molar-refractivity contribution in [3.8, 4) is 17.6 Å². The van der Waals surface area contributed by atoms with Crippen LogP contribution < -0.4 is 9.47 Å². The standard InChI is InChI=1S/C16H18N2O2S/c1-3-6-12-15(9-10-17)21-16(18-12)11-20-14-8-5-4-7-13(14)19-2/h4-5,7-8H,3,6,9,11H2,1-2H3. The van der Waals surface area contributed by atoms with E-state index >= 15 is 0 Å². The molecule has 0 aliphatic heterocycles. The molecule has 5 heteroatoms. The Bertz CT molecular complexity index is 631. The summed E-state index contributed by atoms with van der Waals surface area (Å²) in [6, 6.07) is 9.74. The normalized spacial score (nSPS) is 10.1. The fraction of sp³-hybridized carbons (Fsp3) is 0.375. The van der Waals surface area contributed by atoms with Gasteiger partial charge in [0.15, 0.2) is 11.5 Å². The molecule has 4 nitrogen and oxygen atoms in total. The summed E-state index contributed by atoms with van der Waals surface area (Å²) in [6.45, 7) is 2.51. The van der Waals surface area contributed by atoms with E-state index in [0.29, 0.717) is 24.5 Å². The first-order chi connectivity index (χ1) is 10.3. The summed E-state index contributed by atoms with van der Waals surface area (Å²) in [5, 5.41) is 9.78. The highest BCUT2D eigenvalue weighted by atomic mass is 32.1. The molecule has 0 fully saturated rings. The molecular weight excluding hydrogens is 284 g/mol. The molecule has 0 spiro atoms. The second-order valence-corrected chi connectivity index (χ2v) is 5.67. The first-order valence-electron chi connectivity index (χ1n) is 6.88. The molecule has 0 saturated carbocycles. The maximum atomic E-state index is 8.88. The number of aromatic nitrogens is 1. The van der Waals surface area contributed by atoms with Crippen molar-refractivity contribution in [3.63, 3.8) is 0 Å². The lowest BCUT2D eigenvalue weighted by Crippen LogP contribution is -1.97. The van der Waals surface area contributed by atoms with E-state index in [9.17, 15) is 0 Å². The Kier molecular flexibility index (Phi) is 5.59. The number of nitrogens with zero attached hydrogens (tertiary/aromatic N) is 2. The van der Waals surface area contributed by atoms with Crippen molar-refractivity contribution in [2.45, 2.75) is 32.8 Å². The molecule has 21 heavy (non-hydrogen) atoms. The van der Waals surface area contributed by atoms with Crippen molar-refractivity contribution < 1.29 is 9.47 Å². The lowest BCUT2D eigenvalue weighted by Gasteiger charge is -2.08. The van der Waals surface area contributed by atoms with Crippen LogP contribution in [0.15, 0.2) is 24.3 Å². The molecule has 0 N–H and O–H groups in total. The first kappa shape index (κ1) is 15.3. The number of para-hydroxylation sites is 2. The number of nitriles is 1. The summed E-state index contributed by atoms with van der Waals surface area (Å²) in [6.07, 6.45) is 2.35. The van der Waals surface area contributed by atoms with Crippen LogP contribution >= 0.6 is 11.3 Å². The number of rotatable bonds is 7. The van der Waals surface area contributed by atoms with Crippen LogP contribution in [0.3, 0.4) is 0 Å². The number of methoxy groups -OCH3 is 1. The summed E-state index contributed by atoms with van der Waals surface area (Å²) in [5.41, 5.74) is 1.03. The number of thiazole rings is 1. The van der Waals surface area contributed by atoms with Crippen LogP contribution in [0.2, 0.25) is 0 Å². The lowest BCUT2D eigenvalue weighted by molar-refractivity contribution is 0.284. The van der Waals surface area contributed by atoms with Crippen LogP contribution in [-0.2, 0) is 19.4 Å². The fourth-order valence-electron chi connectivity index (χ4n) is 2.02. The van der Waals surface area contributed by atoms with Crippen LogP contribution in [0.25, 0.3) is 0 Å². The number of aryl methyl sites for hydroxylation is 1. The van der Waals surface area contributed by atoms with Crippen molar-refractivity contribution in [2.75, 3.05) is 7.11 Å². The highest BCUT2D eigenvalue weighted by Gasteiger charge is 2.11. The Balaban J connectivity index is 2.09. The zero-order valence-corrected chi connectivity index (χ0v) is 13.1. The van der Waals surface area contributed by atoms with Crippen LogP contribution in [0, 0.1) is 11.3 Å². The Hall–Kier alpha value is -2.06. The average Bonchev–Trinajstić information content (AvgIpc) is 2.88. The Morgan fingerprint density at radius 3 is 2.71 bits per heavy atom. The van der Waals surface area contributed by atoms with Crippen LogP contribution in [0.5, 0.6) is 11.5 Å². The quantitative estimate of drug-likeness (QED) is 0.781. The van der Waals surface area contributed by atoms with Crippen LogP contribution in [0.4, 0.5) is 0 Å². The third-order valence-electron chi connectivity index (χ3n) is 2.97. The van der Waals surface area contributed by atoms with Gasteiger partial charge in [0, 0.05) is 4.88 Å². The molecule has 0 saturated heterocycles. The average molecular weight is 302 g/mol. The summed E-state index contributed by atoms with van der Waals surface area (Å²) in [5.74, 6) is 1.41. The van der Waals surface area contributed by atoms with E-state index in [1.165, 1.54) is 0 Å². The number of hydrogen-bond donors (Lipinski definition) is 0. The summed E-state index contributed by atoms with van der Waals surface area (Å²) < 4.78 is 11.0. The van der Waals surface area contributed by atoms with Crippen molar-refractivity contribution in [1.29, 1.82) is 5.26 Å². The molecule has 110 valence electrons. The number of benzene rings is 1. The van der Waals surface area contributed by atoms with E-state index in [1.807, 2.05) is 24.3 Å². The van der Waals surface area contributed by atoms with E-state index in [2.05, 4.69) is 18.0 Å². The van der Waals surface area contributed by atoms with Gasteiger partial charge in [-0.25, -0.2) is 4.98 Å². The topological polar surface area (TPSA) is 55.1 Å². The minimum atomic E-state index is 0.396. The summed E-state index contributed by atoms with van der Waals surface area (Å²) in [7, 11) is 1.62. The van der Waals surface area contributed by atoms with E-state index in [0.717, 1.165) is 28.4 Å². The molecule has 0 unspecified atom stereocenters. The highest BCUT2D eigenvalue weighted by molar-refractivity contribution is 7.11. The monoisotopic (exact) mass is 302 g/mol. The molecule has 0 bridgehead atoms. The van der Waals surface area contributed by atoms with E-state index in [1.54, 1.807) is 18.4 Å². The van der Waals surface area contributed by atoms with Crippen LogP contribution in [-0.4, -0.2) is 12.1 Å². The maximum absolute atomic E-state index is 8.88. The molecular formula is C16H18N2O2S. The molecule has 2 rings (SSSR count). The molecule has 1 aromatic carbocycles. The Morgan fingerprint density at radius 1 is 1.29 bits per heavy atom. The molecule has 0 amide bonds. The Labute approximate surface area is 129 Å². The third kappa shape index (κ3) is 3.96.